The van der Waals surface area contributed by atoms with E-state index >= 15 is 0 Å². The van der Waals surface area contributed by atoms with Crippen molar-refractivity contribution in [1.29, 1.82) is 0 Å². The van der Waals surface area contributed by atoms with E-state index in [-0.39, 0.29) is 5.76 Å². The molecule has 0 aliphatic rings. The standard InChI is InChI=1S/C11H8ClNO3S/c12-7-3-4-13-8(5-7)6-17-10-2-1-9(16-10)11(14)15/h1-5H,6H2,(H,14,15). The van der Waals surface area contributed by atoms with Crippen LogP contribution in [0.3, 0.4) is 0 Å². The minimum Gasteiger partial charge on any atom is -0.475 e. The average Bonchev–Trinajstić information content (AvgIpc) is 2.75. The SMILES string of the molecule is O=C(O)c1ccc(SCc2cc(Cl)ccn2)o1. The summed E-state index contributed by atoms with van der Waals surface area (Å²) in [5.74, 6) is -0.558. The third kappa shape index (κ3) is 3.25. The maximum absolute atomic E-state index is 10.6. The second-order valence-corrected chi connectivity index (χ2v) is 4.59. The molecule has 2 rings (SSSR count). The van der Waals surface area contributed by atoms with Gasteiger partial charge in [0.1, 0.15) is 0 Å². The van der Waals surface area contributed by atoms with Gasteiger partial charge in [0.05, 0.1) is 5.69 Å². The van der Waals surface area contributed by atoms with Gasteiger partial charge in [0.25, 0.3) is 0 Å². The van der Waals surface area contributed by atoms with Gasteiger partial charge in [-0.25, -0.2) is 4.79 Å². The van der Waals surface area contributed by atoms with E-state index in [2.05, 4.69) is 4.98 Å². The quantitative estimate of drug-likeness (QED) is 0.863. The van der Waals surface area contributed by atoms with Gasteiger partial charge >= 0.3 is 5.97 Å². The van der Waals surface area contributed by atoms with Crippen LogP contribution in [0.1, 0.15) is 16.2 Å². The Morgan fingerprint density at radius 2 is 2.29 bits per heavy atom. The molecule has 1 N–H and O–H groups in total. The molecule has 4 nitrogen and oxygen atoms in total. The fourth-order valence-electron chi connectivity index (χ4n) is 1.19. The molecule has 2 aromatic heterocycles. The molecule has 88 valence electrons. The van der Waals surface area contributed by atoms with Crippen molar-refractivity contribution in [2.45, 2.75) is 10.8 Å². The Balaban J connectivity index is 2.00. The highest BCUT2D eigenvalue weighted by molar-refractivity contribution is 7.98. The van der Waals surface area contributed by atoms with Crippen molar-refractivity contribution < 1.29 is 14.3 Å². The molecule has 17 heavy (non-hydrogen) atoms. The minimum absolute atomic E-state index is 0.0634. The van der Waals surface area contributed by atoms with Gasteiger partial charge in [-0.3, -0.25) is 4.98 Å². The van der Waals surface area contributed by atoms with Crippen LogP contribution in [0.15, 0.2) is 40.0 Å². The average molecular weight is 270 g/mol. The van der Waals surface area contributed by atoms with Crippen LogP contribution in [-0.4, -0.2) is 16.1 Å². The first-order valence-electron chi connectivity index (χ1n) is 4.71. The number of thioether (sulfide) groups is 1. The highest BCUT2D eigenvalue weighted by atomic mass is 35.5. The molecule has 0 aromatic carbocycles. The van der Waals surface area contributed by atoms with Crippen LogP contribution in [0, 0.1) is 0 Å². The van der Waals surface area contributed by atoms with Crippen molar-refractivity contribution in [3.8, 4) is 0 Å². The van der Waals surface area contributed by atoms with Crippen molar-refractivity contribution in [3.05, 3.63) is 46.9 Å². The van der Waals surface area contributed by atoms with E-state index in [0.29, 0.717) is 15.9 Å². The molecule has 0 bridgehead atoms. The summed E-state index contributed by atoms with van der Waals surface area (Å²) in [5, 5.41) is 9.86. The van der Waals surface area contributed by atoms with Crippen LogP contribution in [-0.2, 0) is 5.75 Å². The lowest BCUT2D eigenvalue weighted by atomic mass is 10.4. The fourth-order valence-corrected chi connectivity index (χ4v) is 2.13. The number of aromatic carboxylic acids is 1. The number of halogens is 1. The molecule has 0 amide bonds. The van der Waals surface area contributed by atoms with E-state index < -0.39 is 5.97 Å². The largest absolute Gasteiger partial charge is 0.475 e. The Kier molecular flexibility index (Phi) is 3.71. The first kappa shape index (κ1) is 12.0. The van der Waals surface area contributed by atoms with Crippen molar-refractivity contribution in [3.63, 3.8) is 0 Å². The highest BCUT2D eigenvalue weighted by Crippen LogP contribution is 2.24. The first-order chi connectivity index (χ1) is 8.15. The molecule has 0 radical (unpaired) electrons. The summed E-state index contributed by atoms with van der Waals surface area (Å²) in [6.45, 7) is 0. The number of hydrogen-bond donors (Lipinski definition) is 1. The molecular formula is C11H8ClNO3S. The van der Waals surface area contributed by atoms with Gasteiger partial charge in [-0.1, -0.05) is 23.4 Å². The summed E-state index contributed by atoms with van der Waals surface area (Å²) in [4.78, 5) is 14.7. The number of nitrogens with zero attached hydrogens (tertiary/aromatic N) is 1. The van der Waals surface area contributed by atoms with Crippen molar-refractivity contribution in [2.75, 3.05) is 0 Å². The third-order valence-electron chi connectivity index (χ3n) is 1.93. The summed E-state index contributed by atoms with van der Waals surface area (Å²) in [5.41, 5.74) is 0.816. The lowest BCUT2D eigenvalue weighted by Gasteiger charge is -1.98. The molecule has 0 aliphatic heterocycles. The van der Waals surface area contributed by atoms with Crippen LogP contribution in [0.5, 0.6) is 0 Å². The molecular weight excluding hydrogens is 262 g/mol. The van der Waals surface area contributed by atoms with E-state index in [9.17, 15) is 4.79 Å². The number of aromatic nitrogens is 1. The number of rotatable bonds is 4. The lowest BCUT2D eigenvalue weighted by molar-refractivity contribution is 0.0656. The molecule has 0 fully saturated rings. The van der Waals surface area contributed by atoms with Crippen LogP contribution in [0.4, 0.5) is 0 Å². The van der Waals surface area contributed by atoms with Crippen molar-refractivity contribution in [1.82, 2.24) is 4.98 Å². The second-order valence-electron chi connectivity index (χ2n) is 3.18. The van der Waals surface area contributed by atoms with Gasteiger partial charge in [-0.2, -0.15) is 0 Å². The zero-order chi connectivity index (χ0) is 12.3. The number of carboxylic acid groups (broad SMARTS) is 1. The van der Waals surface area contributed by atoms with E-state index in [1.807, 2.05) is 0 Å². The molecule has 0 saturated heterocycles. The lowest BCUT2D eigenvalue weighted by Crippen LogP contribution is -1.91. The molecule has 0 aliphatic carbocycles. The fraction of sp³-hybridized carbons (Fsp3) is 0.0909. The van der Waals surface area contributed by atoms with Gasteiger partial charge in [0, 0.05) is 17.0 Å². The number of carbonyl (C=O) groups is 1. The zero-order valence-electron chi connectivity index (χ0n) is 8.59. The maximum atomic E-state index is 10.6. The predicted molar refractivity (Wildman–Crippen MR) is 64.5 cm³/mol. The Hall–Kier alpha value is -1.46. The predicted octanol–water partition coefficient (Wildman–Crippen LogP) is 3.32. The number of carboxylic acids is 1. The van der Waals surface area contributed by atoms with Gasteiger partial charge in [-0.15, -0.1) is 0 Å². The number of pyridine rings is 1. The maximum Gasteiger partial charge on any atom is 0.371 e. The summed E-state index contributed by atoms with van der Waals surface area (Å²) in [7, 11) is 0. The van der Waals surface area contributed by atoms with E-state index in [4.69, 9.17) is 21.1 Å². The Labute approximate surface area is 107 Å². The molecule has 0 spiro atoms. The molecule has 0 unspecified atom stereocenters. The summed E-state index contributed by atoms with van der Waals surface area (Å²) in [6.07, 6.45) is 1.63. The van der Waals surface area contributed by atoms with E-state index in [0.717, 1.165) is 5.69 Å². The highest BCUT2D eigenvalue weighted by Gasteiger charge is 2.09. The van der Waals surface area contributed by atoms with E-state index in [1.54, 1.807) is 24.4 Å². The monoisotopic (exact) mass is 269 g/mol. The molecule has 2 aromatic rings. The molecule has 0 saturated carbocycles. The Morgan fingerprint density at radius 3 is 2.94 bits per heavy atom. The minimum atomic E-state index is -1.07. The van der Waals surface area contributed by atoms with Crippen LogP contribution in [0.2, 0.25) is 5.02 Å². The molecule has 2 heterocycles. The zero-order valence-corrected chi connectivity index (χ0v) is 10.2. The normalized spacial score (nSPS) is 10.4. The number of hydrogen-bond acceptors (Lipinski definition) is 4. The number of furan rings is 1. The molecule has 6 heteroatoms. The smallest absolute Gasteiger partial charge is 0.371 e. The van der Waals surface area contributed by atoms with Gasteiger partial charge in [-0.05, 0) is 24.3 Å². The summed E-state index contributed by atoms with van der Waals surface area (Å²) < 4.78 is 5.10. The molecule has 0 atom stereocenters. The van der Waals surface area contributed by atoms with Crippen LogP contribution >= 0.6 is 23.4 Å². The Morgan fingerprint density at radius 1 is 1.47 bits per heavy atom. The van der Waals surface area contributed by atoms with Crippen molar-refractivity contribution >= 4 is 29.3 Å². The third-order valence-corrected chi connectivity index (χ3v) is 3.11. The summed E-state index contributed by atoms with van der Waals surface area (Å²) >= 11 is 7.19. The van der Waals surface area contributed by atoms with Crippen LogP contribution < -0.4 is 0 Å². The summed E-state index contributed by atoms with van der Waals surface area (Å²) in [6, 6.07) is 6.51. The second kappa shape index (κ2) is 5.25. The van der Waals surface area contributed by atoms with Gasteiger partial charge in [0.15, 0.2) is 5.09 Å². The topological polar surface area (TPSA) is 63.3 Å². The Bertz CT molecular complexity index is 541. The van der Waals surface area contributed by atoms with E-state index in [1.165, 1.54) is 17.8 Å². The first-order valence-corrected chi connectivity index (χ1v) is 6.08. The van der Waals surface area contributed by atoms with Gasteiger partial charge < -0.3 is 9.52 Å². The van der Waals surface area contributed by atoms with Crippen molar-refractivity contribution in [2.24, 2.45) is 0 Å². The van der Waals surface area contributed by atoms with Gasteiger partial charge in [0.2, 0.25) is 5.76 Å². The van der Waals surface area contributed by atoms with Crippen LogP contribution in [0.25, 0.3) is 0 Å².